The summed E-state index contributed by atoms with van der Waals surface area (Å²) in [6.45, 7) is 1.90. The third kappa shape index (κ3) is 3.08. The van der Waals surface area contributed by atoms with Gasteiger partial charge in [-0.2, -0.15) is 13.2 Å². The van der Waals surface area contributed by atoms with Gasteiger partial charge in [0.25, 0.3) is 0 Å². The molecule has 3 rings (SSSR count). The number of nitrogens with zero attached hydrogens (tertiary/aromatic N) is 2. The lowest BCUT2D eigenvalue weighted by molar-refractivity contribution is -0.137. The molecule has 122 valence electrons. The average Bonchev–Trinajstić information content (AvgIpc) is 2.54. The lowest BCUT2D eigenvalue weighted by Crippen LogP contribution is -2.09. The van der Waals surface area contributed by atoms with Crippen molar-refractivity contribution in [2.45, 2.75) is 13.1 Å². The number of anilines is 1. The fourth-order valence-electron chi connectivity index (χ4n) is 2.51. The second-order valence-electron chi connectivity index (χ2n) is 5.36. The van der Waals surface area contributed by atoms with Crippen molar-refractivity contribution in [1.29, 1.82) is 0 Å². The van der Waals surface area contributed by atoms with Crippen molar-refractivity contribution in [2.75, 3.05) is 5.73 Å². The van der Waals surface area contributed by atoms with Crippen molar-refractivity contribution in [3.05, 3.63) is 65.7 Å². The molecule has 0 bridgehead atoms. The summed E-state index contributed by atoms with van der Waals surface area (Å²) in [4.78, 5) is 8.32. The normalized spacial score (nSPS) is 11.5. The molecule has 0 atom stereocenters. The zero-order valence-corrected chi connectivity index (χ0v) is 12.8. The van der Waals surface area contributed by atoms with E-state index in [1.54, 1.807) is 6.07 Å². The smallest absolute Gasteiger partial charge is 0.384 e. The second kappa shape index (κ2) is 5.96. The van der Waals surface area contributed by atoms with Crippen LogP contribution in [0.2, 0.25) is 0 Å². The summed E-state index contributed by atoms with van der Waals surface area (Å²) in [5, 5.41) is 0. The zero-order chi connectivity index (χ0) is 17.3. The predicted octanol–water partition coefficient (Wildman–Crippen LogP) is 4.72. The van der Waals surface area contributed by atoms with Crippen LogP contribution in [-0.4, -0.2) is 9.97 Å². The molecule has 0 unspecified atom stereocenters. The average molecular weight is 329 g/mol. The molecule has 0 fully saturated rings. The molecule has 6 heteroatoms. The molecule has 0 aliphatic heterocycles. The molecular formula is C18H14F3N3. The molecular weight excluding hydrogens is 315 g/mol. The van der Waals surface area contributed by atoms with Gasteiger partial charge in [0.15, 0.2) is 5.82 Å². The van der Waals surface area contributed by atoms with Gasteiger partial charge in [-0.1, -0.05) is 42.5 Å². The Morgan fingerprint density at radius 3 is 2.17 bits per heavy atom. The van der Waals surface area contributed by atoms with Crippen molar-refractivity contribution < 1.29 is 13.2 Å². The van der Waals surface area contributed by atoms with Crippen molar-refractivity contribution in [3.63, 3.8) is 0 Å². The summed E-state index contributed by atoms with van der Waals surface area (Å²) in [6.07, 6.45) is -4.49. The number of hydrogen-bond acceptors (Lipinski definition) is 3. The molecule has 0 saturated carbocycles. The number of benzene rings is 2. The Morgan fingerprint density at radius 2 is 1.50 bits per heavy atom. The molecule has 3 aromatic rings. The third-order valence-electron chi connectivity index (χ3n) is 3.64. The van der Waals surface area contributed by atoms with Crippen molar-refractivity contribution in [2.24, 2.45) is 0 Å². The van der Waals surface area contributed by atoms with Crippen LogP contribution in [0.1, 0.15) is 11.1 Å². The van der Waals surface area contributed by atoms with Crippen LogP contribution in [0.25, 0.3) is 22.6 Å². The van der Waals surface area contributed by atoms with Crippen LogP contribution in [0.4, 0.5) is 19.0 Å². The number of rotatable bonds is 2. The van der Waals surface area contributed by atoms with Crippen molar-refractivity contribution in [3.8, 4) is 22.6 Å². The summed E-state index contributed by atoms with van der Waals surface area (Å²) in [5.41, 5.74) is 7.18. The first-order chi connectivity index (χ1) is 11.4. The first kappa shape index (κ1) is 16.0. The molecule has 1 aromatic heterocycles. The summed E-state index contributed by atoms with van der Waals surface area (Å²) < 4.78 is 39.7. The molecule has 0 aliphatic carbocycles. The van der Waals surface area contributed by atoms with E-state index < -0.39 is 11.7 Å². The maximum atomic E-state index is 13.2. The number of aryl methyl sites for hydroxylation is 1. The molecule has 0 aliphatic rings. The number of alkyl halides is 3. The highest BCUT2D eigenvalue weighted by Gasteiger charge is 2.34. The van der Waals surface area contributed by atoms with E-state index in [0.717, 1.165) is 17.2 Å². The summed E-state index contributed by atoms with van der Waals surface area (Å²) in [6, 6.07) is 14.2. The van der Waals surface area contributed by atoms with Crippen LogP contribution in [0.3, 0.4) is 0 Å². The molecule has 0 saturated heterocycles. The molecule has 2 N–H and O–H groups in total. The number of aromatic nitrogens is 2. The highest BCUT2D eigenvalue weighted by Crippen LogP contribution is 2.36. The number of nitrogen functional groups attached to an aromatic ring is 1. The van der Waals surface area contributed by atoms with E-state index in [9.17, 15) is 13.2 Å². The quantitative estimate of drug-likeness (QED) is 0.740. The van der Waals surface area contributed by atoms with Gasteiger partial charge >= 0.3 is 6.18 Å². The van der Waals surface area contributed by atoms with Gasteiger partial charge < -0.3 is 5.73 Å². The minimum absolute atomic E-state index is 0.0406. The topological polar surface area (TPSA) is 51.8 Å². The number of hydrogen-bond donors (Lipinski definition) is 1. The molecule has 0 spiro atoms. The standard InChI is InChI=1S/C18H14F3N3/c1-11-6-2-3-7-12(11)15-10-16(22)24-17(23-15)13-8-4-5-9-14(13)18(19,20)21/h2-10H,1H3,(H2,22,23,24). The molecule has 1 heterocycles. The van der Waals surface area contributed by atoms with E-state index in [0.29, 0.717) is 5.69 Å². The SMILES string of the molecule is Cc1ccccc1-c1cc(N)nc(-c2ccccc2C(F)(F)F)n1. The Labute approximate surface area is 137 Å². The largest absolute Gasteiger partial charge is 0.417 e. The van der Waals surface area contributed by atoms with Gasteiger partial charge in [-0.05, 0) is 18.6 Å². The summed E-state index contributed by atoms with van der Waals surface area (Å²) >= 11 is 0. The molecule has 3 nitrogen and oxygen atoms in total. The Morgan fingerprint density at radius 1 is 0.875 bits per heavy atom. The van der Waals surface area contributed by atoms with Crippen LogP contribution in [0.15, 0.2) is 54.6 Å². The van der Waals surface area contributed by atoms with Crippen molar-refractivity contribution in [1.82, 2.24) is 9.97 Å². The fourth-order valence-corrected chi connectivity index (χ4v) is 2.51. The Hall–Kier alpha value is -2.89. The van der Waals surface area contributed by atoms with E-state index in [-0.39, 0.29) is 17.2 Å². The molecule has 0 amide bonds. The van der Waals surface area contributed by atoms with Gasteiger partial charge in [-0.15, -0.1) is 0 Å². The van der Waals surface area contributed by atoms with Gasteiger partial charge in [-0.25, -0.2) is 9.97 Å². The first-order valence-electron chi connectivity index (χ1n) is 7.23. The Balaban J connectivity index is 2.20. The molecule has 2 aromatic carbocycles. The third-order valence-corrected chi connectivity index (χ3v) is 3.64. The second-order valence-corrected chi connectivity index (χ2v) is 5.36. The summed E-state index contributed by atoms with van der Waals surface area (Å²) in [7, 11) is 0. The Kier molecular flexibility index (Phi) is 3.97. The van der Waals surface area contributed by atoms with Gasteiger partial charge in [0, 0.05) is 17.2 Å². The van der Waals surface area contributed by atoms with Crippen LogP contribution in [0.5, 0.6) is 0 Å². The zero-order valence-electron chi connectivity index (χ0n) is 12.8. The van der Waals surface area contributed by atoms with Crippen LogP contribution in [0, 0.1) is 6.92 Å². The maximum absolute atomic E-state index is 13.2. The van der Waals surface area contributed by atoms with Gasteiger partial charge in [0.05, 0.1) is 11.3 Å². The van der Waals surface area contributed by atoms with Gasteiger partial charge in [0.1, 0.15) is 5.82 Å². The van der Waals surface area contributed by atoms with E-state index in [1.165, 1.54) is 18.2 Å². The maximum Gasteiger partial charge on any atom is 0.417 e. The van der Waals surface area contributed by atoms with E-state index in [4.69, 9.17) is 5.73 Å². The van der Waals surface area contributed by atoms with Crippen molar-refractivity contribution >= 4 is 5.82 Å². The van der Waals surface area contributed by atoms with Crippen LogP contribution < -0.4 is 5.73 Å². The van der Waals surface area contributed by atoms with Crippen LogP contribution in [-0.2, 0) is 6.18 Å². The fraction of sp³-hybridized carbons (Fsp3) is 0.111. The number of nitrogens with two attached hydrogens (primary N) is 1. The van der Waals surface area contributed by atoms with Crippen LogP contribution >= 0.6 is 0 Å². The lowest BCUT2D eigenvalue weighted by Gasteiger charge is -2.13. The minimum atomic E-state index is -4.49. The monoisotopic (exact) mass is 329 g/mol. The first-order valence-corrected chi connectivity index (χ1v) is 7.23. The summed E-state index contributed by atoms with van der Waals surface area (Å²) in [5.74, 6) is 0.0800. The lowest BCUT2D eigenvalue weighted by atomic mass is 10.0. The highest BCUT2D eigenvalue weighted by atomic mass is 19.4. The Bertz CT molecular complexity index is 889. The number of halogens is 3. The van der Waals surface area contributed by atoms with Gasteiger partial charge in [-0.3, -0.25) is 0 Å². The molecule has 24 heavy (non-hydrogen) atoms. The molecule has 0 radical (unpaired) electrons. The van der Waals surface area contributed by atoms with E-state index >= 15 is 0 Å². The highest BCUT2D eigenvalue weighted by molar-refractivity contribution is 5.70. The minimum Gasteiger partial charge on any atom is -0.384 e. The van der Waals surface area contributed by atoms with E-state index in [2.05, 4.69) is 9.97 Å². The van der Waals surface area contributed by atoms with Gasteiger partial charge in [0.2, 0.25) is 0 Å². The predicted molar refractivity (Wildman–Crippen MR) is 87.1 cm³/mol. The van der Waals surface area contributed by atoms with E-state index in [1.807, 2.05) is 31.2 Å².